The van der Waals surface area contributed by atoms with Crippen molar-refractivity contribution in [1.82, 2.24) is 9.88 Å². The van der Waals surface area contributed by atoms with E-state index in [1.54, 1.807) is 0 Å². The van der Waals surface area contributed by atoms with Gasteiger partial charge in [-0.15, -0.1) is 0 Å². The molecule has 0 atom stereocenters. The van der Waals surface area contributed by atoms with Gasteiger partial charge in [0.15, 0.2) is 0 Å². The number of aryl methyl sites for hydroxylation is 1. The SMILES string of the molecule is Cc1nc(C=C2CC3(C2)CN(C(=O)O)C3)ccc1C(F)(F)F. The second-order valence-electron chi connectivity index (χ2n) is 6.16. The van der Waals surface area contributed by atoms with E-state index >= 15 is 0 Å². The minimum atomic E-state index is -4.38. The van der Waals surface area contributed by atoms with Crippen LogP contribution in [0.4, 0.5) is 18.0 Å². The molecule has 1 N–H and O–H groups in total. The second-order valence-corrected chi connectivity index (χ2v) is 6.16. The van der Waals surface area contributed by atoms with Gasteiger partial charge in [0.25, 0.3) is 0 Å². The molecule has 22 heavy (non-hydrogen) atoms. The molecule has 0 radical (unpaired) electrons. The van der Waals surface area contributed by atoms with E-state index in [0.29, 0.717) is 18.8 Å². The highest BCUT2D eigenvalue weighted by Crippen LogP contribution is 2.52. The van der Waals surface area contributed by atoms with Crippen molar-refractivity contribution in [1.29, 1.82) is 0 Å². The van der Waals surface area contributed by atoms with Crippen molar-refractivity contribution in [3.05, 3.63) is 34.7 Å². The van der Waals surface area contributed by atoms with Crippen molar-refractivity contribution in [2.75, 3.05) is 13.1 Å². The van der Waals surface area contributed by atoms with E-state index in [0.717, 1.165) is 24.5 Å². The lowest BCUT2D eigenvalue weighted by atomic mass is 9.60. The van der Waals surface area contributed by atoms with Crippen LogP contribution in [-0.2, 0) is 6.18 Å². The zero-order valence-corrected chi connectivity index (χ0v) is 11.9. The molecule has 7 heteroatoms. The molecule has 2 aliphatic rings. The second kappa shape index (κ2) is 4.72. The van der Waals surface area contributed by atoms with Crippen molar-refractivity contribution >= 4 is 12.2 Å². The van der Waals surface area contributed by atoms with E-state index < -0.39 is 17.8 Å². The van der Waals surface area contributed by atoms with Gasteiger partial charge in [0, 0.05) is 18.5 Å². The Labute approximate surface area is 125 Å². The first-order valence-corrected chi connectivity index (χ1v) is 6.91. The summed E-state index contributed by atoms with van der Waals surface area (Å²) in [6, 6.07) is 2.43. The van der Waals surface area contributed by atoms with Crippen LogP contribution < -0.4 is 0 Å². The maximum absolute atomic E-state index is 12.7. The fourth-order valence-electron chi connectivity index (χ4n) is 3.31. The fourth-order valence-corrected chi connectivity index (χ4v) is 3.31. The van der Waals surface area contributed by atoms with Gasteiger partial charge in [-0.1, -0.05) is 5.57 Å². The smallest absolute Gasteiger partial charge is 0.418 e. The summed E-state index contributed by atoms with van der Waals surface area (Å²) in [6.45, 7) is 2.43. The molecule has 2 heterocycles. The third kappa shape index (κ3) is 2.55. The molecule has 1 aromatic rings. The molecule has 1 aliphatic carbocycles. The molecule has 1 aromatic heterocycles. The van der Waals surface area contributed by atoms with Gasteiger partial charge in [-0.3, -0.25) is 4.98 Å². The van der Waals surface area contributed by atoms with Crippen molar-refractivity contribution in [2.24, 2.45) is 5.41 Å². The molecule has 0 aromatic carbocycles. The lowest BCUT2D eigenvalue weighted by Gasteiger charge is -2.55. The van der Waals surface area contributed by atoms with Gasteiger partial charge in [0.1, 0.15) is 0 Å². The van der Waals surface area contributed by atoms with Crippen LogP contribution in [0.2, 0.25) is 0 Å². The molecule has 2 fully saturated rings. The van der Waals surface area contributed by atoms with E-state index in [1.807, 2.05) is 6.08 Å². The maximum atomic E-state index is 12.7. The number of halogens is 3. The molecule has 3 rings (SSSR count). The fraction of sp³-hybridized carbons (Fsp3) is 0.467. The Morgan fingerprint density at radius 1 is 1.36 bits per heavy atom. The summed E-state index contributed by atoms with van der Waals surface area (Å²) in [5.41, 5.74) is 0.930. The summed E-state index contributed by atoms with van der Waals surface area (Å²) < 4.78 is 38.0. The predicted octanol–water partition coefficient (Wildman–Crippen LogP) is 3.57. The van der Waals surface area contributed by atoms with Crippen molar-refractivity contribution in [3.63, 3.8) is 0 Å². The monoisotopic (exact) mass is 312 g/mol. The maximum Gasteiger partial charge on any atom is 0.418 e. The summed E-state index contributed by atoms with van der Waals surface area (Å²) in [5.74, 6) is 0. The van der Waals surface area contributed by atoms with Crippen LogP contribution in [0, 0.1) is 12.3 Å². The van der Waals surface area contributed by atoms with Gasteiger partial charge in [0.2, 0.25) is 0 Å². The Balaban J connectivity index is 1.66. The molecule has 1 saturated carbocycles. The van der Waals surface area contributed by atoms with Crippen molar-refractivity contribution < 1.29 is 23.1 Å². The van der Waals surface area contributed by atoms with Gasteiger partial charge < -0.3 is 10.0 Å². The lowest BCUT2D eigenvalue weighted by Crippen LogP contribution is -2.61. The number of likely N-dealkylation sites (tertiary alicyclic amines) is 1. The standard InChI is InChI=1S/C15H15F3N2O2/c1-9-12(15(16,17)18)3-2-11(19-9)4-10-5-14(6-10)7-20(8-14)13(21)22/h2-4H,5-8H2,1H3,(H,21,22). The number of rotatable bonds is 1. The Bertz CT molecular complexity index is 651. The number of carbonyl (C=O) groups is 1. The Morgan fingerprint density at radius 3 is 2.50 bits per heavy atom. The zero-order valence-electron chi connectivity index (χ0n) is 11.9. The number of pyridine rings is 1. The molecule has 0 bridgehead atoms. The molecular formula is C15H15F3N2O2. The minimum Gasteiger partial charge on any atom is -0.465 e. The average molecular weight is 312 g/mol. The predicted molar refractivity (Wildman–Crippen MR) is 73.2 cm³/mol. The number of alkyl halides is 3. The van der Waals surface area contributed by atoms with Gasteiger partial charge in [-0.2, -0.15) is 13.2 Å². The first-order valence-electron chi connectivity index (χ1n) is 6.91. The van der Waals surface area contributed by atoms with Crippen LogP contribution >= 0.6 is 0 Å². The third-order valence-corrected chi connectivity index (χ3v) is 4.29. The van der Waals surface area contributed by atoms with Crippen molar-refractivity contribution in [3.8, 4) is 0 Å². The number of allylic oxidation sites excluding steroid dienone is 1. The quantitative estimate of drug-likeness (QED) is 0.862. The van der Waals surface area contributed by atoms with Gasteiger partial charge in [-0.05, 0) is 38.0 Å². The van der Waals surface area contributed by atoms with Crippen molar-refractivity contribution in [2.45, 2.75) is 25.9 Å². The Kier molecular flexibility index (Phi) is 3.19. The number of nitrogens with zero attached hydrogens (tertiary/aromatic N) is 2. The van der Waals surface area contributed by atoms with E-state index in [1.165, 1.54) is 17.9 Å². The van der Waals surface area contributed by atoms with Crippen LogP contribution in [0.3, 0.4) is 0 Å². The van der Waals surface area contributed by atoms with Crippen LogP contribution in [0.15, 0.2) is 17.7 Å². The first kappa shape index (κ1) is 14.9. The summed E-state index contributed by atoms with van der Waals surface area (Å²) in [6.07, 6.45) is -1.89. The van der Waals surface area contributed by atoms with E-state index in [9.17, 15) is 18.0 Å². The third-order valence-electron chi connectivity index (χ3n) is 4.29. The highest BCUT2D eigenvalue weighted by Gasteiger charge is 2.51. The van der Waals surface area contributed by atoms with Crippen LogP contribution in [-0.4, -0.2) is 34.2 Å². The molecular weight excluding hydrogens is 297 g/mol. The minimum absolute atomic E-state index is 0.0309. The van der Waals surface area contributed by atoms with Crippen LogP contribution in [0.1, 0.15) is 29.8 Å². The summed E-state index contributed by atoms with van der Waals surface area (Å²) in [7, 11) is 0. The number of carboxylic acid groups (broad SMARTS) is 1. The Hall–Kier alpha value is -2.05. The van der Waals surface area contributed by atoms with Gasteiger partial charge in [-0.25, -0.2) is 4.79 Å². The summed E-state index contributed by atoms with van der Waals surface area (Å²) >= 11 is 0. The van der Waals surface area contributed by atoms with E-state index in [2.05, 4.69) is 4.98 Å². The molecule has 1 spiro atoms. The van der Waals surface area contributed by atoms with E-state index in [-0.39, 0.29) is 11.1 Å². The lowest BCUT2D eigenvalue weighted by molar-refractivity contribution is -0.138. The summed E-state index contributed by atoms with van der Waals surface area (Å²) in [4.78, 5) is 16.1. The van der Waals surface area contributed by atoms with E-state index in [4.69, 9.17) is 5.11 Å². The topological polar surface area (TPSA) is 53.4 Å². The first-order chi connectivity index (χ1) is 10.2. The van der Waals surface area contributed by atoms with Crippen LogP contribution in [0.25, 0.3) is 6.08 Å². The number of amides is 1. The number of aromatic nitrogens is 1. The molecule has 4 nitrogen and oxygen atoms in total. The average Bonchev–Trinajstić information content (AvgIpc) is 2.28. The molecule has 118 valence electrons. The molecule has 1 saturated heterocycles. The summed E-state index contributed by atoms with van der Waals surface area (Å²) in [5, 5.41) is 8.82. The van der Waals surface area contributed by atoms with Crippen LogP contribution in [0.5, 0.6) is 0 Å². The Morgan fingerprint density at radius 2 is 2.00 bits per heavy atom. The molecule has 1 aliphatic heterocycles. The largest absolute Gasteiger partial charge is 0.465 e. The highest BCUT2D eigenvalue weighted by atomic mass is 19.4. The number of hydrogen-bond acceptors (Lipinski definition) is 2. The van der Waals surface area contributed by atoms with Gasteiger partial charge >= 0.3 is 12.3 Å². The highest BCUT2D eigenvalue weighted by molar-refractivity contribution is 5.67. The normalized spacial score (nSPS) is 19.6. The molecule has 1 amide bonds. The molecule has 0 unspecified atom stereocenters. The zero-order chi connectivity index (χ0) is 16.1. The van der Waals surface area contributed by atoms with Gasteiger partial charge in [0.05, 0.1) is 17.0 Å². The number of hydrogen-bond donors (Lipinski definition) is 1.